The van der Waals surface area contributed by atoms with Crippen LogP contribution in [0, 0.1) is 0 Å². The maximum atomic E-state index is 8.75. The van der Waals surface area contributed by atoms with Gasteiger partial charge in [-0.1, -0.05) is 103 Å². The topological polar surface area (TPSA) is 73.7 Å². The molecule has 0 bridgehead atoms. The molecule has 6 nitrogen and oxygen atoms in total. The van der Waals surface area contributed by atoms with Gasteiger partial charge in [-0.3, -0.25) is 0 Å². The Labute approximate surface area is 232 Å². The number of ether oxygens (including phenoxy) is 3. The molecule has 0 aromatic carbocycles. The van der Waals surface area contributed by atoms with Gasteiger partial charge in [-0.2, -0.15) is 11.8 Å². The van der Waals surface area contributed by atoms with Gasteiger partial charge in [-0.05, 0) is 24.7 Å². The Morgan fingerprint density at radius 2 is 1.27 bits per heavy atom. The molecule has 216 valence electrons. The molecule has 37 heavy (non-hydrogen) atoms. The van der Waals surface area contributed by atoms with E-state index in [4.69, 9.17) is 19.3 Å². The van der Waals surface area contributed by atoms with Crippen LogP contribution >= 0.6 is 11.8 Å². The van der Waals surface area contributed by atoms with E-state index in [-0.39, 0.29) is 12.7 Å². The molecule has 1 atom stereocenters. The van der Waals surface area contributed by atoms with E-state index in [2.05, 4.69) is 16.9 Å². The molecule has 0 fully saturated rings. The van der Waals surface area contributed by atoms with Crippen molar-refractivity contribution in [2.75, 3.05) is 44.5 Å². The van der Waals surface area contributed by atoms with Gasteiger partial charge in [0.2, 0.25) is 0 Å². The summed E-state index contributed by atoms with van der Waals surface area (Å²) in [7, 11) is 0. The monoisotopic (exact) mass is 540 g/mol. The molecule has 0 spiro atoms. The summed E-state index contributed by atoms with van der Waals surface area (Å²) in [6, 6.07) is 2.20. The van der Waals surface area contributed by atoms with Crippen molar-refractivity contribution in [2.24, 2.45) is 0 Å². The van der Waals surface area contributed by atoms with Crippen LogP contribution in [0.2, 0.25) is 0 Å². The SMILES string of the molecule is CCCCCCCCCCCCCCCCCCOCC(CCSCCOCCO)Oc1ncccn1. The highest BCUT2D eigenvalue weighted by Gasteiger charge is 2.12. The van der Waals surface area contributed by atoms with Crippen molar-refractivity contribution in [3.63, 3.8) is 0 Å². The van der Waals surface area contributed by atoms with E-state index in [1.165, 1.54) is 96.3 Å². The van der Waals surface area contributed by atoms with Crippen molar-refractivity contribution in [1.29, 1.82) is 0 Å². The molecule has 0 aliphatic heterocycles. The summed E-state index contributed by atoms with van der Waals surface area (Å²) < 4.78 is 17.2. The smallest absolute Gasteiger partial charge is 0.316 e. The van der Waals surface area contributed by atoms with Crippen molar-refractivity contribution in [3.8, 4) is 6.01 Å². The largest absolute Gasteiger partial charge is 0.458 e. The average Bonchev–Trinajstić information content (AvgIpc) is 2.92. The highest BCUT2D eigenvalue weighted by molar-refractivity contribution is 7.99. The molecule has 1 aromatic rings. The third-order valence-electron chi connectivity index (χ3n) is 6.45. The second-order valence-corrected chi connectivity index (χ2v) is 11.1. The number of aliphatic hydroxyl groups is 1. The van der Waals surface area contributed by atoms with Crippen LogP contribution in [0.25, 0.3) is 0 Å². The van der Waals surface area contributed by atoms with Crippen molar-refractivity contribution in [2.45, 2.75) is 122 Å². The number of aliphatic hydroxyl groups excluding tert-OH is 1. The van der Waals surface area contributed by atoms with E-state index in [0.717, 1.165) is 31.0 Å². The van der Waals surface area contributed by atoms with Crippen LogP contribution in [0.3, 0.4) is 0 Å². The zero-order valence-corrected chi connectivity index (χ0v) is 24.6. The minimum Gasteiger partial charge on any atom is -0.458 e. The second kappa shape index (κ2) is 28.1. The molecule has 0 aliphatic carbocycles. The first-order chi connectivity index (χ1) is 18.4. The van der Waals surface area contributed by atoms with Crippen molar-refractivity contribution in [3.05, 3.63) is 18.5 Å². The second-order valence-electron chi connectivity index (χ2n) is 9.89. The van der Waals surface area contributed by atoms with Gasteiger partial charge in [0.15, 0.2) is 0 Å². The predicted molar refractivity (Wildman–Crippen MR) is 157 cm³/mol. The summed E-state index contributed by atoms with van der Waals surface area (Å²) >= 11 is 1.83. The lowest BCUT2D eigenvalue weighted by atomic mass is 10.0. The Balaban J connectivity index is 1.96. The highest BCUT2D eigenvalue weighted by atomic mass is 32.2. The van der Waals surface area contributed by atoms with Gasteiger partial charge < -0.3 is 19.3 Å². The molecule has 1 heterocycles. The predicted octanol–water partition coefficient (Wildman–Crippen LogP) is 7.63. The molecule has 7 heteroatoms. The van der Waals surface area contributed by atoms with Gasteiger partial charge in [0.1, 0.15) is 6.10 Å². The first kappa shape index (κ1) is 34.1. The fourth-order valence-electron chi connectivity index (χ4n) is 4.24. The minimum atomic E-state index is -0.0469. The van der Waals surface area contributed by atoms with Crippen LogP contribution in [0.5, 0.6) is 6.01 Å². The third kappa shape index (κ3) is 23.9. The van der Waals surface area contributed by atoms with E-state index >= 15 is 0 Å². The molecule has 1 unspecified atom stereocenters. The first-order valence-corrected chi connectivity index (χ1v) is 16.3. The van der Waals surface area contributed by atoms with Gasteiger partial charge in [-0.25, -0.2) is 9.97 Å². The summed E-state index contributed by atoms with van der Waals surface area (Å²) in [4.78, 5) is 8.37. The fraction of sp³-hybridized carbons (Fsp3) is 0.867. The van der Waals surface area contributed by atoms with Crippen LogP contribution in [0.4, 0.5) is 0 Å². The summed E-state index contributed by atoms with van der Waals surface area (Å²) in [5.74, 6) is 1.87. The van der Waals surface area contributed by atoms with Crippen LogP contribution in [0.15, 0.2) is 18.5 Å². The fourth-order valence-corrected chi connectivity index (χ4v) is 5.11. The quantitative estimate of drug-likeness (QED) is 0.105. The molecule has 0 amide bonds. The van der Waals surface area contributed by atoms with Crippen molar-refractivity contribution >= 4 is 11.8 Å². The summed E-state index contributed by atoms with van der Waals surface area (Å²) in [6.45, 7) is 4.79. The van der Waals surface area contributed by atoms with E-state index in [9.17, 15) is 0 Å². The molecule has 0 saturated heterocycles. The zero-order chi connectivity index (χ0) is 26.5. The van der Waals surface area contributed by atoms with E-state index in [1.807, 2.05) is 11.8 Å². The maximum Gasteiger partial charge on any atom is 0.316 e. The molecular formula is C30H56N2O4S. The number of hydrogen-bond donors (Lipinski definition) is 1. The van der Waals surface area contributed by atoms with E-state index in [0.29, 0.717) is 25.8 Å². The lowest BCUT2D eigenvalue weighted by Crippen LogP contribution is -2.25. The molecule has 1 rings (SSSR count). The molecule has 0 saturated carbocycles. The third-order valence-corrected chi connectivity index (χ3v) is 7.43. The Bertz CT molecular complexity index is 568. The van der Waals surface area contributed by atoms with Gasteiger partial charge in [-0.15, -0.1) is 0 Å². The summed E-state index contributed by atoms with van der Waals surface area (Å²) in [5, 5.41) is 8.75. The number of unbranched alkanes of at least 4 members (excludes halogenated alkanes) is 15. The van der Waals surface area contributed by atoms with Crippen LogP contribution < -0.4 is 4.74 Å². The van der Waals surface area contributed by atoms with Gasteiger partial charge >= 0.3 is 6.01 Å². The number of hydrogen-bond acceptors (Lipinski definition) is 7. The summed E-state index contributed by atoms with van der Waals surface area (Å²) in [5.41, 5.74) is 0. The van der Waals surface area contributed by atoms with Gasteiger partial charge in [0, 0.05) is 24.8 Å². The Morgan fingerprint density at radius 3 is 1.84 bits per heavy atom. The standard InChI is InChI=1S/C30H56N2O4S/c1-2-3-4-5-6-7-8-9-10-11-12-13-14-15-16-17-23-35-28-29(36-30-31-20-18-21-32-30)19-26-37-27-25-34-24-22-33/h18,20-21,29,33H,2-17,19,22-28H2,1H3. The summed E-state index contributed by atoms with van der Waals surface area (Å²) in [6.07, 6.45) is 26.3. The van der Waals surface area contributed by atoms with Gasteiger partial charge in [0.25, 0.3) is 0 Å². The zero-order valence-electron chi connectivity index (χ0n) is 23.8. The van der Waals surface area contributed by atoms with Crippen LogP contribution in [-0.4, -0.2) is 65.7 Å². The Morgan fingerprint density at radius 1 is 0.703 bits per heavy atom. The first-order valence-electron chi connectivity index (χ1n) is 15.1. The minimum absolute atomic E-state index is 0.0469. The molecule has 0 radical (unpaired) electrons. The Hall–Kier alpha value is -0.890. The van der Waals surface area contributed by atoms with E-state index in [1.54, 1.807) is 18.5 Å². The molecule has 1 N–H and O–H groups in total. The van der Waals surface area contributed by atoms with E-state index < -0.39 is 0 Å². The average molecular weight is 541 g/mol. The van der Waals surface area contributed by atoms with Crippen LogP contribution in [-0.2, 0) is 9.47 Å². The number of nitrogens with zero attached hydrogens (tertiary/aromatic N) is 2. The normalized spacial score (nSPS) is 12.2. The molecular weight excluding hydrogens is 484 g/mol. The molecule has 0 aliphatic rings. The van der Waals surface area contributed by atoms with Gasteiger partial charge in [0.05, 0.1) is 26.4 Å². The lowest BCUT2D eigenvalue weighted by Gasteiger charge is -2.18. The Kier molecular flexibility index (Phi) is 26.0. The highest BCUT2D eigenvalue weighted by Crippen LogP contribution is 2.14. The molecule has 1 aromatic heterocycles. The van der Waals surface area contributed by atoms with Crippen molar-refractivity contribution < 1.29 is 19.3 Å². The number of aromatic nitrogens is 2. The number of thioether (sulfide) groups is 1. The maximum absolute atomic E-state index is 8.75. The number of rotatable bonds is 29. The van der Waals surface area contributed by atoms with Crippen LogP contribution in [0.1, 0.15) is 116 Å². The van der Waals surface area contributed by atoms with Crippen molar-refractivity contribution in [1.82, 2.24) is 9.97 Å². The lowest BCUT2D eigenvalue weighted by molar-refractivity contribution is 0.0423.